The van der Waals surface area contributed by atoms with Crippen molar-refractivity contribution in [2.24, 2.45) is 5.92 Å². The lowest BCUT2D eigenvalue weighted by atomic mass is 10.1. The Balaban J connectivity index is 1.41. The summed E-state index contributed by atoms with van der Waals surface area (Å²) in [7, 11) is 1.36. The zero-order chi connectivity index (χ0) is 31.4. The number of benzene rings is 2. The average Bonchev–Trinajstić information content (AvgIpc) is 3.83. The maximum atomic E-state index is 13.3. The molecule has 0 aliphatic heterocycles. The molecule has 2 heterocycles. The number of rotatable bonds is 9. The van der Waals surface area contributed by atoms with Crippen LogP contribution in [0.2, 0.25) is 0 Å². The minimum absolute atomic E-state index is 0.00967. The molecule has 4 N–H and O–H groups in total. The summed E-state index contributed by atoms with van der Waals surface area (Å²) in [6, 6.07) is 17.5. The molecule has 0 atom stereocenters. The van der Waals surface area contributed by atoms with Gasteiger partial charge in [-0.15, -0.1) is 10.2 Å². The van der Waals surface area contributed by atoms with Crippen molar-refractivity contribution in [2.45, 2.75) is 12.8 Å². The first-order chi connectivity index (χ1) is 21.0. The highest BCUT2D eigenvalue weighted by molar-refractivity contribution is 6.08. The van der Waals surface area contributed by atoms with E-state index in [0.717, 1.165) is 12.8 Å². The molecule has 0 radical (unpaired) electrons. The molecule has 5 rings (SSSR count). The molecular weight excluding hydrogens is 526 g/mol. The molecule has 4 aromatic rings. The Morgan fingerprint density at radius 1 is 0.951 bits per heavy atom. The third-order valence-electron chi connectivity index (χ3n) is 6.28. The Morgan fingerprint density at radius 2 is 1.76 bits per heavy atom. The molecule has 208 valence electrons. The van der Waals surface area contributed by atoms with E-state index < -0.39 is 18.8 Å². The van der Waals surface area contributed by atoms with Crippen molar-refractivity contribution in [3.63, 3.8) is 0 Å². The van der Waals surface area contributed by atoms with Gasteiger partial charge >= 0.3 is 0 Å². The van der Waals surface area contributed by atoms with Crippen molar-refractivity contribution in [1.82, 2.24) is 20.1 Å². The van der Waals surface area contributed by atoms with Gasteiger partial charge in [-0.05, 0) is 55.3 Å². The largest absolute Gasteiger partial charge is 0.494 e. The Kier molecular flexibility index (Phi) is 6.67. The molecule has 0 unspecified atom stereocenters. The predicted molar refractivity (Wildman–Crippen MR) is 153 cm³/mol. The number of carbonyl (C=O) groups excluding carboxylic acids is 3. The summed E-state index contributed by atoms with van der Waals surface area (Å²) in [4.78, 5) is 50.5. The molecule has 0 bridgehead atoms. The van der Waals surface area contributed by atoms with E-state index in [-0.39, 0.29) is 51.6 Å². The maximum absolute atomic E-state index is 13.3. The molecule has 1 aliphatic rings. The van der Waals surface area contributed by atoms with Crippen LogP contribution in [0.25, 0.3) is 5.69 Å². The number of pyridine rings is 1. The Morgan fingerprint density at radius 3 is 2.46 bits per heavy atom. The summed E-state index contributed by atoms with van der Waals surface area (Å²) < 4.78 is 29.2. The lowest BCUT2D eigenvalue weighted by Crippen LogP contribution is -2.22. The van der Waals surface area contributed by atoms with Crippen LogP contribution in [0.1, 0.15) is 37.8 Å². The van der Waals surface area contributed by atoms with Gasteiger partial charge in [0.25, 0.3) is 17.4 Å². The van der Waals surface area contributed by atoms with Crippen LogP contribution in [0, 0.1) is 5.92 Å². The van der Waals surface area contributed by atoms with Crippen LogP contribution in [-0.2, 0) is 4.79 Å². The number of anilines is 4. The number of nitrogens with one attached hydrogen (secondary N) is 4. The SMILES string of the molecule is [2H]C([2H])([2H])NC(=O)c1nnc(NC(=O)C2CC2)cc1Nc1cccc(C(=O)Nc2ccc(-n3ccccc3=O)cc2)c1OC. The van der Waals surface area contributed by atoms with E-state index in [4.69, 9.17) is 8.85 Å². The number of methoxy groups -OCH3 is 1. The van der Waals surface area contributed by atoms with Gasteiger partial charge in [0, 0.05) is 46.7 Å². The number of hydrogen-bond acceptors (Lipinski definition) is 8. The van der Waals surface area contributed by atoms with E-state index >= 15 is 0 Å². The third-order valence-corrected chi connectivity index (χ3v) is 6.28. The summed E-state index contributed by atoms with van der Waals surface area (Å²) in [6.45, 7) is -2.79. The normalized spacial score (nSPS) is 13.6. The first kappa shape index (κ1) is 23.4. The second-order valence-electron chi connectivity index (χ2n) is 9.13. The Hall–Kier alpha value is -5.52. The third kappa shape index (κ3) is 6.06. The van der Waals surface area contributed by atoms with E-state index in [2.05, 4.69) is 26.1 Å². The van der Waals surface area contributed by atoms with Crippen LogP contribution in [0.15, 0.2) is 77.7 Å². The van der Waals surface area contributed by atoms with E-state index in [1.54, 1.807) is 54.7 Å². The number of nitrogens with zero attached hydrogens (tertiary/aromatic N) is 3. The van der Waals surface area contributed by atoms with Crippen LogP contribution < -0.4 is 31.6 Å². The molecule has 2 aromatic carbocycles. The average molecular weight is 557 g/mol. The van der Waals surface area contributed by atoms with Gasteiger partial charge in [0.05, 0.1) is 24.0 Å². The Labute approximate surface area is 239 Å². The van der Waals surface area contributed by atoms with E-state index in [9.17, 15) is 19.2 Å². The maximum Gasteiger partial charge on any atom is 0.273 e. The molecular formula is C29H27N7O5. The lowest BCUT2D eigenvalue weighted by molar-refractivity contribution is -0.117. The van der Waals surface area contributed by atoms with E-state index in [1.807, 2.05) is 5.32 Å². The van der Waals surface area contributed by atoms with Gasteiger partial charge in [0.1, 0.15) is 0 Å². The molecule has 1 saturated carbocycles. The highest BCUT2D eigenvalue weighted by Gasteiger charge is 2.30. The fourth-order valence-electron chi connectivity index (χ4n) is 4.07. The molecule has 2 aromatic heterocycles. The quantitative estimate of drug-likeness (QED) is 0.245. The molecule has 3 amide bonds. The number of aromatic nitrogens is 3. The topological polar surface area (TPSA) is 156 Å². The van der Waals surface area contributed by atoms with Crippen LogP contribution in [0.3, 0.4) is 0 Å². The molecule has 1 fully saturated rings. The van der Waals surface area contributed by atoms with Crippen molar-refractivity contribution in [3.05, 3.63) is 94.5 Å². The second kappa shape index (κ2) is 11.7. The summed E-state index contributed by atoms with van der Waals surface area (Å²) in [6.07, 6.45) is 3.15. The molecule has 1 aliphatic carbocycles. The van der Waals surface area contributed by atoms with Gasteiger partial charge in [-0.25, -0.2) is 0 Å². The van der Waals surface area contributed by atoms with E-state index in [1.165, 1.54) is 29.9 Å². The van der Waals surface area contributed by atoms with Crippen LogP contribution in [0.4, 0.5) is 22.9 Å². The molecule has 12 nitrogen and oxygen atoms in total. The van der Waals surface area contributed by atoms with Gasteiger partial charge in [0.15, 0.2) is 17.3 Å². The number of ether oxygens (including phenoxy) is 1. The number of carbonyl (C=O) groups is 3. The standard InChI is InChI=1S/C29H27N7O5/c1-30-29(40)25-22(16-23(34-35-25)33-27(38)17-9-10-17)32-21-7-5-6-20(26(21)41-2)28(39)31-18-11-13-19(14-12-18)36-15-4-3-8-24(36)37/h3-8,11-17H,9-10H2,1-2H3,(H,30,40)(H,31,39)(H2,32,33,34,38)/i1D3. The summed E-state index contributed by atoms with van der Waals surface area (Å²) >= 11 is 0. The highest BCUT2D eigenvalue weighted by atomic mass is 16.5. The molecule has 12 heteroatoms. The number of hydrogen-bond donors (Lipinski definition) is 4. The zero-order valence-electron chi connectivity index (χ0n) is 24.8. The van der Waals surface area contributed by atoms with Gasteiger partial charge in [-0.3, -0.25) is 23.7 Å². The van der Waals surface area contributed by atoms with Crippen molar-refractivity contribution >= 4 is 40.6 Å². The van der Waals surface area contributed by atoms with Gasteiger partial charge < -0.3 is 26.0 Å². The van der Waals surface area contributed by atoms with Crippen molar-refractivity contribution in [3.8, 4) is 11.4 Å². The summed E-state index contributed by atoms with van der Waals surface area (Å²) in [5, 5.41) is 18.0. The predicted octanol–water partition coefficient (Wildman–Crippen LogP) is 3.34. The van der Waals surface area contributed by atoms with Crippen molar-refractivity contribution in [2.75, 3.05) is 30.0 Å². The number of amides is 3. The van der Waals surface area contributed by atoms with E-state index in [0.29, 0.717) is 11.4 Å². The minimum atomic E-state index is -2.79. The van der Waals surface area contributed by atoms with Crippen LogP contribution in [-0.4, -0.2) is 46.6 Å². The first-order valence-corrected chi connectivity index (χ1v) is 12.6. The smallest absolute Gasteiger partial charge is 0.273 e. The molecule has 41 heavy (non-hydrogen) atoms. The van der Waals surface area contributed by atoms with Gasteiger partial charge in [0.2, 0.25) is 5.91 Å². The second-order valence-corrected chi connectivity index (χ2v) is 9.13. The van der Waals surface area contributed by atoms with Gasteiger partial charge in [-0.1, -0.05) is 12.1 Å². The zero-order valence-corrected chi connectivity index (χ0v) is 21.8. The molecule has 0 spiro atoms. The Bertz CT molecular complexity index is 1790. The first-order valence-electron chi connectivity index (χ1n) is 14.1. The molecule has 0 saturated heterocycles. The van der Waals surface area contributed by atoms with Crippen LogP contribution >= 0.6 is 0 Å². The van der Waals surface area contributed by atoms with Crippen molar-refractivity contribution in [1.29, 1.82) is 0 Å². The monoisotopic (exact) mass is 556 g/mol. The summed E-state index contributed by atoms with van der Waals surface area (Å²) in [5.41, 5.74) is 0.915. The fraction of sp³-hybridized carbons (Fsp3) is 0.172. The highest BCUT2D eigenvalue weighted by Crippen LogP contribution is 2.34. The fourth-order valence-corrected chi connectivity index (χ4v) is 4.07. The van der Waals surface area contributed by atoms with Crippen LogP contribution in [0.5, 0.6) is 5.75 Å². The summed E-state index contributed by atoms with van der Waals surface area (Å²) in [5.74, 6) is -1.76. The van der Waals surface area contributed by atoms with Gasteiger partial charge in [-0.2, -0.15) is 0 Å². The minimum Gasteiger partial charge on any atom is -0.494 e. The van der Waals surface area contributed by atoms with Crippen molar-refractivity contribution < 1.29 is 23.2 Å². The lowest BCUT2D eigenvalue weighted by Gasteiger charge is -2.17. The number of para-hydroxylation sites is 1.